The van der Waals surface area contributed by atoms with Gasteiger partial charge in [0.2, 0.25) is 0 Å². The molecular formula is C8H3BrFIS. The Morgan fingerprint density at radius 2 is 2.17 bits per heavy atom. The summed E-state index contributed by atoms with van der Waals surface area (Å²) in [6, 6.07) is 3.87. The molecule has 0 fully saturated rings. The first kappa shape index (κ1) is 8.90. The largest absolute Gasteiger partial charge is 0.205 e. The number of fused-ring (bicyclic) bond motifs is 1. The molecule has 1 heterocycles. The van der Waals surface area contributed by atoms with E-state index in [1.54, 1.807) is 5.38 Å². The third kappa shape index (κ3) is 1.29. The summed E-state index contributed by atoms with van der Waals surface area (Å²) in [5.74, 6) is -0.124. The topological polar surface area (TPSA) is 0 Å². The summed E-state index contributed by atoms with van der Waals surface area (Å²) in [5.41, 5.74) is 0. The van der Waals surface area contributed by atoms with Crippen LogP contribution in [0.3, 0.4) is 0 Å². The van der Waals surface area contributed by atoms with Gasteiger partial charge < -0.3 is 0 Å². The predicted molar refractivity (Wildman–Crippen MR) is 62.2 cm³/mol. The van der Waals surface area contributed by atoms with Crippen LogP contribution in [0.2, 0.25) is 0 Å². The van der Waals surface area contributed by atoms with Gasteiger partial charge in [-0.05, 0) is 50.7 Å². The Hall–Kier alpha value is 0.320. The molecule has 0 atom stereocenters. The fourth-order valence-corrected chi connectivity index (χ4v) is 3.08. The van der Waals surface area contributed by atoms with E-state index in [9.17, 15) is 4.39 Å². The molecule has 0 amide bonds. The Bertz CT molecular complexity index is 438. The molecule has 0 saturated heterocycles. The summed E-state index contributed by atoms with van der Waals surface area (Å²) in [4.78, 5) is 0. The van der Waals surface area contributed by atoms with E-state index in [0.29, 0.717) is 0 Å². The molecule has 2 rings (SSSR count). The van der Waals surface area contributed by atoms with Crippen molar-refractivity contribution in [3.63, 3.8) is 0 Å². The van der Waals surface area contributed by atoms with Gasteiger partial charge in [-0.1, -0.05) is 0 Å². The van der Waals surface area contributed by atoms with E-state index in [2.05, 4.69) is 38.5 Å². The lowest BCUT2D eigenvalue weighted by Crippen LogP contribution is -1.77. The second kappa shape index (κ2) is 3.23. The smallest absolute Gasteiger partial charge is 0.142 e. The maximum absolute atomic E-state index is 13.2. The van der Waals surface area contributed by atoms with Crippen molar-refractivity contribution in [1.82, 2.24) is 0 Å². The first-order valence-electron chi connectivity index (χ1n) is 3.21. The van der Waals surface area contributed by atoms with Crippen molar-refractivity contribution in [3.05, 3.63) is 31.4 Å². The Labute approximate surface area is 95.0 Å². The van der Waals surface area contributed by atoms with Gasteiger partial charge in [0.1, 0.15) is 5.82 Å². The Morgan fingerprint density at radius 3 is 2.92 bits per heavy atom. The van der Waals surface area contributed by atoms with E-state index < -0.39 is 0 Å². The molecule has 4 heteroatoms. The number of hydrogen-bond acceptors (Lipinski definition) is 1. The van der Waals surface area contributed by atoms with E-state index in [-0.39, 0.29) is 5.82 Å². The molecule has 12 heavy (non-hydrogen) atoms. The number of hydrogen-bond donors (Lipinski definition) is 0. The molecule has 0 nitrogen and oxygen atoms in total. The SMILES string of the molecule is Fc1csc2ccc(Br)c(I)c12. The molecule has 0 bridgehead atoms. The van der Waals surface area contributed by atoms with Crippen molar-refractivity contribution in [2.75, 3.05) is 0 Å². The molecule has 62 valence electrons. The van der Waals surface area contributed by atoms with Gasteiger partial charge in [-0.3, -0.25) is 0 Å². The number of benzene rings is 1. The Morgan fingerprint density at radius 1 is 1.42 bits per heavy atom. The summed E-state index contributed by atoms with van der Waals surface area (Å²) < 4.78 is 16.1. The van der Waals surface area contributed by atoms with Gasteiger partial charge in [0.05, 0.1) is 0 Å². The molecule has 0 N–H and O–H groups in total. The predicted octanol–water partition coefficient (Wildman–Crippen LogP) is 4.41. The normalized spacial score (nSPS) is 10.9. The minimum atomic E-state index is -0.124. The molecule has 0 spiro atoms. The minimum Gasteiger partial charge on any atom is -0.205 e. The summed E-state index contributed by atoms with van der Waals surface area (Å²) in [6.45, 7) is 0. The van der Waals surface area contributed by atoms with Crippen LogP contribution in [-0.4, -0.2) is 0 Å². The molecule has 0 aliphatic carbocycles. The summed E-state index contributed by atoms with van der Waals surface area (Å²) in [5, 5.41) is 2.27. The van der Waals surface area contributed by atoms with Crippen molar-refractivity contribution < 1.29 is 4.39 Å². The number of halogens is 3. The highest BCUT2D eigenvalue weighted by atomic mass is 127. The van der Waals surface area contributed by atoms with E-state index in [1.807, 2.05) is 12.1 Å². The third-order valence-electron chi connectivity index (χ3n) is 1.58. The lowest BCUT2D eigenvalue weighted by molar-refractivity contribution is 0.644. The maximum Gasteiger partial charge on any atom is 0.142 e. The molecule has 0 radical (unpaired) electrons. The second-order valence-electron chi connectivity index (χ2n) is 2.32. The molecule has 0 unspecified atom stereocenters. The van der Waals surface area contributed by atoms with Crippen LogP contribution in [0.5, 0.6) is 0 Å². The zero-order valence-corrected chi connectivity index (χ0v) is 10.3. The first-order chi connectivity index (χ1) is 5.70. The van der Waals surface area contributed by atoms with Gasteiger partial charge in [-0.2, -0.15) is 0 Å². The van der Waals surface area contributed by atoms with Gasteiger partial charge in [0.25, 0.3) is 0 Å². The van der Waals surface area contributed by atoms with Crippen LogP contribution in [0.1, 0.15) is 0 Å². The number of rotatable bonds is 0. The fraction of sp³-hybridized carbons (Fsp3) is 0. The lowest BCUT2D eigenvalue weighted by atomic mass is 10.3. The summed E-state index contributed by atoms with van der Waals surface area (Å²) >= 11 is 6.95. The minimum absolute atomic E-state index is 0.124. The monoisotopic (exact) mass is 356 g/mol. The van der Waals surface area contributed by atoms with Gasteiger partial charge in [-0.25, -0.2) is 4.39 Å². The highest BCUT2D eigenvalue weighted by Gasteiger charge is 2.08. The van der Waals surface area contributed by atoms with E-state index >= 15 is 0 Å². The maximum atomic E-state index is 13.2. The van der Waals surface area contributed by atoms with Crippen molar-refractivity contribution in [1.29, 1.82) is 0 Å². The fourth-order valence-electron chi connectivity index (χ4n) is 1.03. The summed E-state index contributed by atoms with van der Waals surface area (Å²) in [6.07, 6.45) is 0. The molecular weight excluding hydrogens is 354 g/mol. The quantitative estimate of drug-likeness (QED) is 0.613. The van der Waals surface area contributed by atoms with Crippen LogP contribution in [0.15, 0.2) is 22.0 Å². The van der Waals surface area contributed by atoms with Crippen molar-refractivity contribution in [3.8, 4) is 0 Å². The average Bonchev–Trinajstić information content (AvgIpc) is 2.41. The van der Waals surface area contributed by atoms with Crippen molar-refractivity contribution in [2.24, 2.45) is 0 Å². The van der Waals surface area contributed by atoms with Crippen LogP contribution in [0.25, 0.3) is 10.1 Å². The van der Waals surface area contributed by atoms with Gasteiger partial charge >= 0.3 is 0 Å². The zero-order valence-electron chi connectivity index (χ0n) is 5.77. The summed E-state index contributed by atoms with van der Waals surface area (Å²) in [7, 11) is 0. The Balaban J connectivity index is 2.96. The molecule has 0 aliphatic rings. The first-order valence-corrected chi connectivity index (χ1v) is 5.96. The van der Waals surface area contributed by atoms with Gasteiger partial charge in [-0.15, -0.1) is 11.3 Å². The molecule has 2 aromatic rings. The van der Waals surface area contributed by atoms with E-state index in [1.165, 1.54) is 11.3 Å². The number of thiophene rings is 1. The highest BCUT2D eigenvalue weighted by molar-refractivity contribution is 14.1. The van der Waals surface area contributed by atoms with Gasteiger partial charge in [0, 0.05) is 23.5 Å². The highest BCUT2D eigenvalue weighted by Crippen LogP contribution is 2.33. The second-order valence-corrected chi connectivity index (χ2v) is 5.16. The van der Waals surface area contributed by atoms with Crippen LogP contribution in [0.4, 0.5) is 4.39 Å². The molecule has 0 saturated carbocycles. The van der Waals surface area contributed by atoms with E-state index in [4.69, 9.17) is 0 Å². The zero-order chi connectivity index (χ0) is 8.72. The van der Waals surface area contributed by atoms with Crippen LogP contribution >= 0.6 is 49.9 Å². The van der Waals surface area contributed by atoms with Crippen molar-refractivity contribution in [2.45, 2.75) is 0 Å². The lowest BCUT2D eigenvalue weighted by Gasteiger charge is -1.96. The molecule has 1 aromatic carbocycles. The standard InChI is InChI=1S/C8H3BrFIS/c9-4-1-2-6-7(8(4)11)5(10)3-12-6/h1-3H. The van der Waals surface area contributed by atoms with E-state index in [0.717, 1.165) is 18.1 Å². The van der Waals surface area contributed by atoms with Crippen LogP contribution in [-0.2, 0) is 0 Å². The van der Waals surface area contributed by atoms with Gasteiger partial charge in [0.15, 0.2) is 0 Å². The van der Waals surface area contributed by atoms with Crippen LogP contribution < -0.4 is 0 Å². The van der Waals surface area contributed by atoms with Crippen LogP contribution in [0, 0.1) is 9.39 Å². The van der Waals surface area contributed by atoms with Crippen molar-refractivity contribution >= 4 is 59.9 Å². The Kier molecular flexibility index (Phi) is 2.39. The molecule has 1 aromatic heterocycles. The molecule has 0 aliphatic heterocycles. The average molecular weight is 357 g/mol. The third-order valence-corrected chi connectivity index (χ3v) is 5.03.